The number of methoxy groups -OCH3 is 1. The number of benzene rings is 2. The summed E-state index contributed by atoms with van der Waals surface area (Å²) in [5, 5.41) is 5.84. The van der Waals surface area contributed by atoms with E-state index in [1.807, 2.05) is 24.3 Å². The molecule has 0 atom stereocenters. The van der Waals surface area contributed by atoms with Crippen LogP contribution in [-0.4, -0.2) is 43.5 Å². The molecule has 2 aromatic carbocycles. The molecule has 4 rings (SSSR count). The zero-order valence-corrected chi connectivity index (χ0v) is 15.1. The van der Waals surface area contributed by atoms with E-state index in [1.54, 1.807) is 24.1 Å². The minimum absolute atomic E-state index is 0.0757. The Labute approximate surface area is 157 Å². The van der Waals surface area contributed by atoms with Gasteiger partial charge in [0.2, 0.25) is 5.91 Å². The van der Waals surface area contributed by atoms with Gasteiger partial charge < -0.3 is 25.0 Å². The molecule has 0 saturated carbocycles. The van der Waals surface area contributed by atoms with Gasteiger partial charge >= 0.3 is 0 Å². The fourth-order valence-electron chi connectivity index (χ4n) is 3.39. The van der Waals surface area contributed by atoms with Crippen molar-refractivity contribution >= 4 is 23.2 Å². The van der Waals surface area contributed by atoms with Crippen LogP contribution in [0.25, 0.3) is 0 Å². The second-order valence-electron chi connectivity index (χ2n) is 6.54. The number of rotatable bonds is 2. The summed E-state index contributed by atoms with van der Waals surface area (Å²) < 4.78 is 11.2. The van der Waals surface area contributed by atoms with Crippen molar-refractivity contribution in [2.75, 3.05) is 37.4 Å². The third-order valence-electron chi connectivity index (χ3n) is 4.73. The van der Waals surface area contributed by atoms with Gasteiger partial charge in [0, 0.05) is 24.2 Å². The molecule has 2 aliphatic heterocycles. The molecule has 0 saturated heterocycles. The molecule has 0 radical (unpaired) electrons. The maximum atomic E-state index is 13.1. The van der Waals surface area contributed by atoms with Gasteiger partial charge in [-0.2, -0.15) is 0 Å². The summed E-state index contributed by atoms with van der Waals surface area (Å²) in [6.45, 7) is 1.79. The Balaban J connectivity index is 1.61. The topological polar surface area (TPSA) is 79.9 Å². The Morgan fingerprint density at radius 2 is 2.11 bits per heavy atom. The van der Waals surface area contributed by atoms with Gasteiger partial charge in [-0.25, -0.2) is 0 Å². The lowest BCUT2D eigenvalue weighted by Gasteiger charge is -2.28. The smallest absolute Gasteiger partial charge is 0.254 e. The van der Waals surface area contributed by atoms with E-state index in [0.29, 0.717) is 42.4 Å². The fourth-order valence-corrected chi connectivity index (χ4v) is 3.39. The lowest BCUT2D eigenvalue weighted by Crippen LogP contribution is -2.34. The van der Waals surface area contributed by atoms with Gasteiger partial charge in [0.15, 0.2) is 11.5 Å². The maximum Gasteiger partial charge on any atom is 0.254 e. The molecule has 27 heavy (non-hydrogen) atoms. The van der Waals surface area contributed by atoms with E-state index in [2.05, 4.69) is 10.6 Å². The van der Waals surface area contributed by atoms with Crippen molar-refractivity contribution in [3.63, 3.8) is 0 Å². The highest BCUT2D eigenvalue weighted by molar-refractivity contribution is 6.03. The van der Waals surface area contributed by atoms with Gasteiger partial charge in [-0.3, -0.25) is 9.59 Å². The highest BCUT2D eigenvalue weighted by Crippen LogP contribution is 2.34. The van der Waals surface area contributed by atoms with Gasteiger partial charge in [0.25, 0.3) is 5.91 Å². The zero-order chi connectivity index (χ0) is 18.8. The molecule has 2 amide bonds. The van der Waals surface area contributed by atoms with Crippen molar-refractivity contribution in [1.29, 1.82) is 0 Å². The third-order valence-corrected chi connectivity index (χ3v) is 4.73. The van der Waals surface area contributed by atoms with Gasteiger partial charge in [0.05, 0.1) is 31.6 Å². The Kier molecular flexibility index (Phi) is 4.58. The number of hydrogen-bond donors (Lipinski definition) is 2. The van der Waals surface area contributed by atoms with E-state index in [0.717, 1.165) is 17.7 Å². The van der Waals surface area contributed by atoms with Crippen LogP contribution in [0.15, 0.2) is 36.4 Å². The monoisotopic (exact) mass is 367 g/mol. The van der Waals surface area contributed by atoms with Crippen molar-refractivity contribution in [3.8, 4) is 11.5 Å². The molecule has 0 bridgehead atoms. The van der Waals surface area contributed by atoms with E-state index in [4.69, 9.17) is 9.47 Å². The molecule has 0 aliphatic carbocycles. The first kappa shape index (κ1) is 17.2. The van der Waals surface area contributed by atoms with E-state index in [9.17, 15) is 9.59 Å². The Morgan fingerprint density at radius 1 is 1.22 bits per heavy atom. The van der Waals surface area contributed by atoms with Crippen LogP contribution in [-0.2, 0) is 11.3 Å². The summed E-state index contributed by atoms with van der Waals surface area (Å²) >= 11 is 0. The molecular formula is C20H21N3O4. The third kappa shape index (κ3) is 3.40. The van der Waals surface area contributed by atoms with Crippen molar-refractivity contribution < 1.29 is 19.1 Å². The molecule has 2 heterocycles. The van der Waals surface area contributed by atoms with Gasteiger partial charge in [0.1, 0.15) is 0 Å². The molecule has 0 fully saturated rings. The summed E-state index contributed by atoms with van der Waals surface area (Å²) in [4.78, 5) is 26.5. The number of para-hydroxylation sites is 1. The second kappa shape index (κ2) is 7.19. The predicted molar refractivity (Wildman–Crippen MR) is 101 cm³/mol. The highest BCUT2D eigenvalue weighted by atomic mass is 16.5. The molecular weight excluding hydrogens is 346 g/mol. The normalized spacial score (nSPS) is 15.9. The first-order valence-electron chi connectivity index (χ1n) is 8.91. The number of nitrogens with one attached hydrogen (secondary N) is 2. The Hall–Kier alpha value is -3.22. The minimum atomic E-state index is -0.114. The molecule has 140 valence electrons. The van der Waals surface area contributed by atoms with Crippen LogP contribution in [0.4, 0.5) is 11.4 Å². The molecule has 0 aromatic heterocycles. The van der Waals surface area contributed by atoms with Crippen LogP contribution in [0.3, 0.4) is 0 Å². The summed E-state index contributed by atoms with van der Waals surface area (Å²) in [5.74, 6) is 1.17. The Morgan fingerprint density at radius 3 is 2.96 bits per heavy atom. The van der Waals surface area contributed by atoms with Crippen LogP contribution < -0.4 is 20.1 Å². The SMILES string of the molecule is COc1cccc2c1OCCCN(C(=O)c1ccc3c(c1)NC(=O)CN3)C2. The first-order valence-corrected chi connectivity index (χ1v) is 8.91. The van der Waals surface area contributed by atoms with E-state index in [-0.39, 0.29) is 18.4 Å². The Bertz CT molecular complexity index is 897. The number of carbonyl (C=O) groups is 2. The molecule has 7 heteroatoms. The largest absolute Gasteiger partial charge is 0.493 e. The average molecular weight is 367 g/mol. The number of fused-ring (bicyclic) bond motifs is 2. The van der Waals surface area contributed by atoms with Crippen LogP contribution in [0.1, 0.15) is 22.3 Å². The number of carbonyl (C=O) groups excluding carboxylic acids is 2. The van der Waals surface area contributed by atoms with Crippen molar-refractivity contribution in [3.05, 3.63) is 47.5 Å². The number of nitrogens with zero attached hydrogens (tertiary/aromatic N) is 1. The lowest BCUT2D eigenvalue weighted by molar-refractivity contribution is -0.114. The van der Waals surface area contributed by atoms with Crippen LogP contribution in [0, 0.1) is 0 Å². The van der Waals surface area contributed by atoms with E-state index >= 15 is 0 Å². The van der Waals surface area contributed by atoms with Crippen LogP contribution >= 0.6 is 0 Å². The molecule has 0 unspecified atom stereocenters. The van der Waals surface area contributed by atoms with Crippen LogP contribution in [0.2, 0.25) is 0 Å². The lowest BCUT2D eigenvalue weighted by atomic mass is 10.1. The van der Waals surface area contributed by atoms with Crippen molar-refractivity contribution in [1.82, 2.24) is 4.90 Å². The number of ether oxygens (including phenoxy) is 2. The average Bonchev–Trinajstić information content (AvgIpc) is 2.67. The fraction of sp³-hybridized carbons (Fsp3) is 0.300. The molecule has 2 N–H and O–H groups in total. The van der Waals surface area contributed by atoms with Gasteiger partial charge in [-0.05, 0) is 30.7 Å². The second-order valence-corrected chi connectivity index (χ2v) is 6.54. The maximum absolute atomic E-state index is 13.1. The van der Waals surface area contributed by atoms with E-state index < -0.39 is 0 Å². The number of hydrogen-bond acceptors (Lipinski definition) is 5. The molecule has 7 nitrogen and oxygen atoms in total. The number of amides is 2. The molecule has 2 aliphatic rings. The number of anilines is 2. The summed E-state index contributed by atoms with van der Waals surface area (Å²) in [5.41, 5.74) is 2.91. The van der Waals surface area contributed by atoms with Gasteiger partial charge in [-0.1, -0.05) is 12.1 Å². The molecule has 0 spiro atoms. The molecule has 2 aromatic rings. The predicted octanol–water partition coefficient (Wildman–Crippen LogP) is 2.48. The standard InChI is InChI=1S/C20H21N3O4/c1-26-17-5-2-4-14-12-23(8-3-9-27-19(14)17)20(25)13-6-7-15-16(10-13)22-18(24)11-21-15/h2,4-7,10,21H,3,8-9,11-12H2,1H3,(H,22,24). The summed E-state index contributed by atoms with van der Waals surface area (Å²) in [7, 11) is 1.61. The highest BCUT2D eigenvalue weighted by Gasteiger charge is 2.23. The quantitative estimate of drug-likeness (QED) is 0.852. The first-order chi connectivity index (χ1) is 13.2. The summed E-state index contributed by atoms with van der Waals surface area (Å²) in [6.07, 6.45) is 0.729. The van der Waals surface area contributed by atoms with Gasteiger partial charge in [-0.15, -0.1) is 0 Å². The summed E-state index contributed by atoms with van der Waals surface area (Å²) in [6, 6.07) is 11.0. The minimum Gasteiger partial charge on any atom is -0.493 e. The van der Waals surface area contributed by atoms with Crippen molar-refractivity contribution in [2.24, 2.45) is 0 Å². The van der Waals surface area contributed by atoms with Crippen molar-refractivity contribution in [2.45, 2.75) is 13.0 Å². The zero-order valence-electron chi connectivity index (χ0n) is 15.1. The van der Waals surface area contributed by atoms with Crippen LogP contribution in [0.5, 0.6) is 11.5 Å². The van der Waals surface area contributed by atoms with E-state index in [1.165, 1.54) is 0 Å².